The van der Waals surface area contributed by atoms with E-state index in [0.717, 1.165) is 36.0 Å². The van der Waals surface area contributed by atoms with Crippen LogP contribution in [-0.4, -0.2) is 33.9 Å². The van der Waals surface area contributed by atoms with E-state index in [9.17, 15) is 4.79 Å². The third-order valence-corrected chi connectivity index (χ3v) is 5.55. The van der Waals surface area contributed by atoms with Crippen LogP contribution in [0.15, 0.2) is 60.8 Å². The topological polar surface area (TPSA) is 51.9 Å². The number of amides is 1. The molecule has 2 aromatic heterocycles. The highest BCUT2D eigenvalue weighted by molar-refractivity contribution is 5.89. The largest absolute Gasteiger partial charge is 0.361 e. The number of aromatic nitrogens is 2. The van der Waals surface area contributed by atoms with Crippen LogP contribution in [-0.2, 0) is 11.2 Å². The zero-order valence-corrected chi connectivity index (χ0v) is 14.5. The summed E-state index contributed by atoms with van der Waals surface area (Å²) >= 11 is 0. The number of para-hydroxylation sites is 2. The molecule has 0 spiro atoms. The van der Waals surface area contributed by atoms with Gasteiger partial charge in [-0.3, -0.25) is 4.79 Å². The Morgan fingerprint density at radius 3 is 2.77 bits per heavy atom. The summed E-state index contributed by atoms with van der Waals surface area (Å²) in [6.45, 7) is 1.63. The van der Waals surface area contributed by atoms with Gasteiger partial charge in [0.1, 0.15) is 0 Å². The number of hydrogen-bond donors (Lipinski definition) is 2. The average molecular weight is 343 g/mol. The molecule has 1 aliphatic heterocycles. The van der Waals surface area contributed by atoms with Gasteiger partial charge in [-0.2, -0.15) is 0 Å². The van der Waals surface area contributed by atoms with E-state index in [1.807, 2.05) is 35.4 Å². The highest BCUT2D eigenvalue weighted by atomic mass is 16.2. The van der Waals surface area contributed by atoms with Crippen molar-refractivity contribution in [2.75, 3.05) is 13.1 Å². The number of aromatic amines is 2. The number of benzene rings is 2. The second-order valence-corrected chi connectivity index (χ2v) is 7.17. The molecule has 0 saturated carbocycles. The van der Waals surface area contributed by atoms with Gasteiger partial charge in [-0.05, 0) is 35.6 Å². The first kappa shape index (κ1) is 15.3. The van der Waals surface area contributed by atoms with Crippen molar-refractivity contribution in [3.63, 3.8) is 0 Å². The smallest absolute Gasteiger partial charge is 0.227 e. The molecule has 130 valence electrons. The van der Waals surface area contributed by atoms with Crippen molar-refractivity contribution >= 4 is 27.7 Å². The van der Waals surface area contributed by atoms with E-state index in [4.69, 9.17) is 0 Å². The summed E-state index contributed by atoms with van der Waals surface area (Å²) in [6, 6.07) is 18.7. The monoisotopic (exact) mass is 343 g/mol. The third kappa shape index (κ3) is 2.58. The number of fused-ring (bicyclic) bond motifs is 2. The Morgan fingerprint density at radius 1 is 1.08 bits per heavy atom. The Labute approximate surface area is 151 Å². The number of rotatable bonds is 3. The zero-order chi connectivity index (χ0) is 17.5. The Hall–Kier alpha value is -3.01. The van der Waals surface area contributed by atoms with Crippen molar-refractivity contribution in [1.29, 1.82) is 0 Å². The minimum absolute atomic E-state index is 0.216. The quantitative estimate of drug-likeness (QED) is 0.575. The summed E-state index contributed by atoms with van der Waals surface area (Å²) in [7, 11) is 0. The molecule has 26 heavy (non-hydrogen) atoms. The Bertz CT molecular complexity index is 1060. The maximum absolute atomic E-state index is 12.8. The lowest BCUT2D eigenvalue weighted by Crippen LogP contribution is -2.29. The van der Waals surface area contributed by atoms with Crippen LogP contribution in [0.25, 0.3) is 21.8 Å². The van der Waals surface area contributed by atoms with E-state index in [0.29, 0.717) is 12.3 Å². The fourth-order valence-corrected chi connectivity index (χ4v) is 4.11. The van der Waals surface area contributed by atoms with Gasteiger partial charge in [0.15, 0.2) is 0 Å². The van der Waals surface area contributed by atoms with Crippen molar-refractivity contribution in [3.8, 4) is 0 Å². The first-order valence-corrected chi connectivity index (χ1v) is 9.18. The SMILES string of the molecule is O=C(Cc1c[nH]c2ccccc12)N1CCC(c2cc3ccccc3[nH]2)C1. The number of H-pyrrole nitrogens is 2. The number of carbonyl (C=O) groups is 1. The molecule has 4 nitrogen and oxygen atoms in total. The zero-order valence-electron chi connectivity index (χ0n) is 14.5. The molecule has 4 heteroatoms. The molecule has 5 rings (SSSR count). The van der Waals surface area contributed by atoms with E-state index < -0.39 is 0 Å². The lowest BCUT2D eigenvalue weighted by atomic mass is 10.1. The van der Waals surface area contributed by atoms with E-state index >= 15 is 0 Å². The van der Waals surface area contributed by atoms with Crippen LogP contribution in [0.5, 0.6) is 0 Å². The van der Waals surface area contributed by atoms with E-state index in [1.54, 1.807) is 0 Å². The predicted octanol–water partition coefficient (Wildman–Crippen LogP) is 4.21. The summed E-state index contributed by atoms with van der Waals surface area (Å²) in [5.41, 5.74) is 4.59. The van der Waals surface area contributed by atoms with Crippen LogP contribution in [0.2, 0.25) is 0 Å². The number of nitrogens with one attached hydrogen (secondary N) is 2. The molecular weight excluding hydrogens is 322 g/mol. The second kappa shape index (κ2) is 6.06. The van der Waals surface area contributed by atoms with Crippen LogP contribution in [0.4, 0.5) is 0 Å². The van der Waals surface area contributed by atoms with Gasteiger partial charge in [0.05, 0.1) is 6.42 Å². The van der Waals surface area contributed by atoms with Crippen molar-refractivity contribution in [2.45, 2.75) is 18.8 Å². The average Bonchev–Trinajstić information content (AvgIpc) is 3.39. The van der Waals surface area contributed by atoms with Gasteiger partial charge in [0.25, 0.3) is 0 Å². The van der Waals surface area contributed by atoms with Crippen LogP contribution in [0.1, 0.15) is 23.6 Å². The Morgan fingerprint density at radius 2 is 1.88 bits per heavy atom. The standard InChI is InChI=1S/C22H21N3O/c26-22(12-17-13-23-20-8-4-2-6-18(17)20)25-10-9-16(14-25)21-11-15-5-1-3-7-19(15)24-21/h1-8,11,13,16,23-24H,9-10,12,14H2. The highest BCUT2D eigenvalue weighted by Gasteiger charge is 2.28. The van der Waals surface area contributed by atoms with Gasteiger partial charge < -0.3 is 14.9 Å². The molecule has 1 atom stereocenters. The minimum atomic E-state index is 0.216. The van der Waals surface area contributed by atoms with E-state index in [1.165, 1.54) is 16.6 Å². The normalized spacial score (nSPS) is 17.4. The van der Waals surface area contributed by atoms with Crippen molar-refractivity contribution in [3.05, 3.63) is 72.1 Å². The van der Waals surface area contributed by atoms with E-state index in [-0.39, 0.29) is 5.91 Å². The summed E-state index contributed by atoms with van der Waals surface area (Å²) in [5.74, 6) is 0.614. The van der Waals surface area contributed by atoms with Gasteiger partial charge in [-0.25, -0.2) is 0 Å². The van der Waals surface area contributed by atoms with Crippen LogP contribution in [0, 0.1) is 0 Å². The number of hydrogen-bond acceptors (Lipinski definition) is 1. The first-order chi connectivity index (χ1) is 12.8. The first-order valence-electron chi connectivity index (χ1n) is 9.18. The van der Waals surface area contributed by atoms with Gasteiger partial charge in [0, 0.05) is 47.3 Å². The molecule has 0 bridgehead atoms. The summed E-state index contributed by atoms with van der Waals surface area (Å²) < 4.78 is 0. The molecule has 1 saturated heterocycles. The lowest BCUT2D eigenvalue weighted by Gasteiger charge is -2.16. The minimum Gasteiger partial charge on any atom is -0.361 e. The van der Waals surface area contributed by atoms with Gasteiger partial charge in [-0.1, -0.05) is 36.4 Å². The molecule has 2 aromatic carbocycles. The molecular formula is C22H21N3O. The van der Waals surface area contributed by atoms with Crippen molar-refractivity contribution < 1.29 is 4.79 Å². The maximum Gasteiger partial charge on any atom is 0.227 e. The lowest BCUT2D eigenvalue weighted by molar-refractivity contribution is -0.129. The molecule has 1 fully saturated rings. The Balaban J connectivity index is 1.31. The van der Waals surface area contributed by atoms with Crippen LogP contribution in [0.3, 0.4) is 0 Å². The fraction of sp³-hybridized carbons (Fsp3) is 0.227. The van der Waals surface area contributed by atoms with Crippen molar-refractivity contribution in [1.82, 2.24) is 14.9 Å². The molecule has 4 aromatic rings. The molecule has 1 amide bonds. The number of nitrogens with zero attached hydrogens (tertiary/aromatic N) is 1. The second-order valence-electron chi connectivity index (χ2n) is 7.17. The Kier molecular flexibility index (Phi) is 3.56. The summed E-state index contributed by atoms with van der Waals surface area (Å²) in [6.07, 6.45) is 3.45. The molecule has 1 aliphatic rings. The molecule has 0 radical (unpaired) electrons. The fourth-order valence-electron chi connectivity index (χ4n) is 4.11. The summed E-state index contributed by atoms with van der Waals surface area (Å²) in [4.78, 5) is 21.6. The molecule has 0 aliphatic carbocycles. The maximum atomic E-state index is 12.8. The van der Waals surface area contributed by atoms with Crippen molar-refractivity contribution in [2.24, 2.45) is 0 Å². The van der Waals surface area contributed by atoms with Gasteiger partial charge in [0.2, 0.25) is 5.91 Å². The van der Waals surface area contributed by atoms with Crippen LogP contribution >= 0.6 is 0 Å². The van der Waals surface area contributed by atoms with Crippen LogP contribution < -0.4 is 0 Å². The van der Waals surface area contributed by atoms with Gasteiger partial charge >= 0.3 is 0 Å². The molecule has 3 heterocycles. The highest BCUT2D eigenvalue weighted by Crippen LogP contribution is 2.30. The predicted molar refractivity (Wildman–Crippen MR) is 104 cm³/mol. The molecule has 1 unspecified atom stereocenters. The number of carbonyl (C=O) groups excluding carboxylic acids is 1. The molecule has 2 N–H and O–H groups in total. The van der Waals surface area contributed by atoms with Gasteiger partial charge in [-0.15, -0.1) is 0 Å². The number of likely N-dealkylation sites (tertiary alicyclic amines) is 1. The summed E-state index contributed by atoms with van der Waals surface area (Å²) in [5, 5.41) is 2.39. The van der Waals surface area contributed by atoms with E-state index in [2.05, 4.69) is 40.3 Å². The third-order valence-electron chi connectivity index (χ3n) is 5.55.